The first-order chi connectivity index (χ1) is 7.09. The first kappa shape index (κ1) is 9.82. The highest BCUT2D eigenvalue weighted by molar-refractivity contribution is 5.89. The van der Waals surface area contributed by atoms with E-state index in [2.05, 4.69) is 4.74 Å². The van der Waals surface area contributed by atoms with Gasteiger partial charge in [0.1, 0.15) is 12.4 Å². The van der Waals surface area contributed by atoms with Crippen LogP contribution in [0.2, 0.25) is 0 Å². The Hall–Kier alpha value is -1.72. The maximum Gasteiger partial charge on any atom is 0.414 e. The van der Waals surface area contributed by atoms with Crippen molar-refractivity contribution >= 4 is 11.8 Å². The van der Waals surface area contributed by atoms with Crippen molar-refractivity contribution in [3.8, 4) is 0 Å². The topological polar surface area (TPSA) is 29.5 Å². The van der Waals surface area contributed by atoms with Gasteiger partial charge in [0.05, 0.1) is 12.2 Å². The lowest BCUT2D eigenvalue weighted by Crippen LogP contribution is -2.25. The molecule has 0 atom stereocenters. The summed E-state index contributed by atoms with van der Waals surface area (Å²) >= 11 is 0. The van der Waals surface area contributed by atoms with Crippen LogP contribution in [0.1, 0.15) is 0 Å². The largest absolute Gasteiger partial charge is 0.447 e. The Morgan fingerprint density at radius 2 is 2.00 bits per heavy atom. The molecule has 2 rings (SSSR count). The lowest BCUT2D eigenvalue weighted by Gasteiger charge is -2.13. The molecule has 0 N–H and O–H groups in total. The van der Waals surface area contributed by atoms with Gasteiger partial charge in [-0.25, -0.2) is 18.0 Å². The Bertz CT molecular complexity index is 422. The second-order valence-electron chi connectivity index (χ2n) is 2.99. The average Bonchev–Trinajstić information content (AvgIpc) is 2.58. The number of benzene rings is 1. The summed E-state index contributed by atoms with van der Waals surface area (Å²) in [5.41, 5.74) is -0.435. The zero-order valence-electron chi connectivity index (χ0n) is 7.47. The molecule has 1 aliphatic rings. The maximum absolute atomic E-state index is 13.2. The SMILES string of the molecule is O=C1OCCN1c1cc(F)cc(F)c1F. The molecule has 1 fully saturated rings. The normalized spacial score (nSPS) is 15.7. The van der Waals surface area contributed by atoms with Crippen LogP contribution in [0.25, 0.3) is 0 Å². The lowest BCUT2D eigenvalue weighted by atomic mass is 10.2. The van der Waals surface area contributed by atoms with E-state index in [0.717, 1.165) is 11.0 Å². The predicted molar refractivity (Wildman–Crippen MR) is 45.0 cm³/mol. The van der Waals surface area contributed by atoms with E-state index < -0.39 is 29.2 Å². The van der Waals surface area contributed by atoms with Gasteiger partial charge < -0.3 is 4.74 Å². The van der Waals surface area contributed by atoms with Gasteiger partial charge in [0.2, 0.25) is 0 Å². The third-order valence-electron chi connectivity index (χ3n) is 2.03. The van der Waals surface area contributed by atoms with E-state index in [-0.39, 0.29) is 13.2 Å². The molecule has 1 saturated heterocycles. The van der Waals surface area contributed by atoms with Crippen molar-refractivity contribution in [2.24, 2.45) is 0 Å². The summed E-state index contributed by atoms with van der Waals surface area (Å²) < 4.78 is 43.4. The Morgan fingerprint density at radius 1 is 1.27 bits per heavy atom. The predicted octanol–water partition coefficient (Wildman–Crippen LogP) is 2.06. The molecule has 0 unspecified atom stereocenters. The summed E-state index contributed by atoms with van der Waals surface area (Å²) in [5, 5.41) is 0. The quantitative estimate of drug-likeness (QED) is 0.674. The molecular formula is C9H6F3NO2. The Labute approximate surface area is 83.1 Å². The molecule has 1 aromatic carbocycles. The zero-order valence-corrected chi connectivity index (χ0v) is 7.47. The summed E-state index contributed by atoms with van der Waals surface area (Å²) in [7, 11) is 0. The van der Waals surface area contributed by atoms with E-state index in [1.165, 1.54) is 0 Å². The van der Waals surface area contributed by atoms with Gasteiger partial charge in [-0.15, -0.1) is 0 Å². The molecule has 0 spiro atoms. The number of nitrogens with zero attached hydrogens (tertiary/aromatic N) is 1. The summed E-state index contributed by atoms with van der Waals surface area (Å²) in [5.74, 6) is -3.52. The molecule has 0 aromatic heterocycles. The molecule has 3 nitrogen and oxygen atoms in total. The smallest absolute Gasteiger partial charge is 0.414 e. The van der Waals surface area contributed by atoms with Crippen molar-refractivity contribution in [3.05, 3.63) is 29.6 Å². The number of hydrogen-bond donors (Lipinski definition) is 0. The van der Waals surface area contributed by atoms with Crippen LogP contribution in [-0.4, -0.2) is 19.2 Å². The van der Waals surface area contributed by atoms with Crippen LogP contribution in [-0.2, 0) is 4.74 Å². The van der Waals surface area contributed by atoms with Crippen LogP contribution in [0.5, 0.6) is 0 Å². The van der Waals surface area contributed by atoms with E-state index >= 15 is 0 Å². The van der Waals surface area contributed by atoms with E-state index in [0.29, 0.717) is 6.07 Å². The minimum Gasteiger partial charge on any atom is -0.447 e. The highest BCUT2D eigenvalue weighted by atomic mass is 19.2. The van der Waals surface area contributed by atoms with Crippen molar-refractivity contribution in [1.82, 2.24) is 0 Å². The third kappa shape index (κ3) is 1.62. The van der Waals surface area contributed by atoms with Crippen LogP contribution in [0, 0.1) is 17.5 Å². The molecular weight excluding hydrogens is 211 g/mol. The fourth-order valence-electron chi connectivity index (χ4n) is 1.35. The van der Waals surface area contributed by atoms with Crippen LogP contribution < -0.4 is 4.90 Å². The summed E-state index contributed by atoms with van der Waals surface area (Å²) in [6.45, 7) is 0.162. The second-order valence-corrected chi connectivity index (χ2v) is 2.99. The molecule has 1 aliphatic heterocycles. The number of cyclic esters (lactones) is 1. The molecule has 0 saturated carbocycles. The van der Waals surface area contributed by atoms with Gasteiger partial charge >= 0.3 is 6.09 Å². The number of halogens is 3. The number of carbonyl (C=O) groups is 1. The van der Waals surface area contributed by atoms with E-state index in [1.54, 1.807) is 0 Å². The Balaban J connectivity index is 2.47. The fourth-order valence-corrected chi connectivity index (χ4v) is 1.35. The average molecular weight is 217 g/mol. The molecule has 6 heteroatoms. The van der Waals surface area contributed by atoms with Gasteiger partial charge in [0.15, 0.2) is 11.6 Å². The van der Waals surface area contributed by atoms with Crippen molar-refractivity contribution in [1.29, 1.82) is 0 Å². The zero-order chi connectivity index (χ0) is 11.0. The van der Waals surface area contributed by atoms with Gasteiger partial charge in [-0.05, 0) is 0 Å². The second kappa shape index (κ2) is 3.45. The third-order valence-corrected chi connectivity index (χ3v) is 2.03. The highest BCUT2D eigenvalue weighted by Gasteiger charge is 2.27. The number of rotatable bonds is 1. The van der Waals surface area contributed by atoms with E-state index in [1.807, 2.05) is 0 Å². The minimum atomic E-state index is -1.33. The maximum atomic E-state index is 13.2. The van der Waals surface area contributed by atoms with Crippen molar-refractivity contribution in [2.45, 2.75) is 0 Å². The Kier molecular flexibility index (Phi) is 2.26. The summed E-state index contributed by atoms with van der Waals surface area (Å²) in [6.07, 6.45) is -0.807. The molecule has 1 aromatic rings. The molecule has 15 heavy (non-hydrogen) atoms. The fraction of sp³-hybridized carbons (Fsp3) is 0.222. The minimum absolute atomic E-state index is 0.0798. The number of amides is 1. The monoisotopic (exact) mass is 217 g/mol. The first-order valence-electron chi connectivity index (χ1n) is 4.18. The van der Waals surface area contributed by atoms with Gasteiger partial charge in [-0.3, -0.25) is 4.90 Å². The van der Waals surface area contributed by atoms with Gasteiger partial charge in [-0.1, -0.05) is 0 Å². The molecule has 0 radical (unpaired) electrons. The van der Waals surface area contributed by atoms with Crippen LogP contribution >= 0.6 is 0 Å². The number of ether oxygens (including phenoxy) is 1. The Morgan fingerprint density at radius 3 is 2.60 bits per heavy atom. The van der Waals surface area contributed by atoms with Crippen LogP contribution in [0.3, 0.4) is 0 Å². The highest BCUT2D eigenvalue weighted by Crippen LogP contribution is 2.25. The standard InChI is InChI=1S/C9H6F3NO2/c10-5-3-6(11)8(12)7(4-5)13-1-2-15-9(13)14/h3-4H,1-2H2. The van der Waals surface area contributed by atoms with Crippen molar-refractivity contribution in [2.75, 3.05) is 18.1 Å². The summed E-state index contributed by atoms with van der Waals surface area (Å²) in [4.78, 5) is 11.9. The van der Waals surface area contributed by atoms with Crippen molar-refractivity contribution < 1.29 is 22.7 Å². The van der Waals surface area contributed by atoms with E-state index in [4.69, 9.17) is 0 Å². The number of carbonyl (C=O) groups excluding carboxylic acids is 1. The van der Waals surface area contributed by atoms with Gasteiger partial charge in [0, 0.05) is 12.1 Å². The molecule has 0 aliphatic carbocycles. The number of anilines is 1. The molecule has 1 heterocycles. The molecule has 1 amide bonds. The van der Waals surface area contributed by atoms with Crippen molar-refractivity contribution in [3.63, 3.8) is 0 Å². The van der Waals surface area contributed by atoms with Crippen LogP contribution in [0.15, 0.2) is 12.1 Å². The molecule has 80 valence electrons. The van der Waals surface area contributed by atoms with Gasteiger partial charge in [0.25, 0.3) is 0 Å². The summed E-state index contributed by atoms with van der Waals surface area (Å²) in [6, 6.07) is 1.17. The number of hydrogen-bond acceptors (Lipinski definition) is 2. The molecule has 0 bridgehead atoms. The lowest BCUT2D eigenvalue weighted by molar-refractivity contribution is 0.181. The van der Waals surface area contributed by atoms with Gasteiger partial charge in [-0.2, -0.15) is 0 Å². The first-order valence-corrected chi connectivity index (χ1v) is 4.18. The van der Waals surface area contributed by atoms with E-state index in [9.17, 15) is 18.0 Å². The van der Waals surface area contributed by atoms with Crippen LogP contribution in [0.4, 0.5) is 23.7 Å².